The second-order valence-corrected chi connectivity index (χ2v) is 8.57. The molecule has 1 aromatic heterocycles. The molecule has 9 heteroatoms. The number of amides is 1. The Morgan fingerprint density at radius 2 is 1.85 bits per heavy atom. The second-order valence-electron chi connectivity index (χ2n) is 7.05. The highest BCUT2D eigenvalue weighted by molar-refractivity contribution is 7.99. The maximum absolute atomic E-state index is 12.5. The van der Waals surface area contributed by atoms with Crippen molar-refractivity contribution in [3.63, 3.8) is 0 Å². The molecule has 4 rings (SSSR count). The predicted molar refractivity (Wildman–Crippen MR) is 133 cm³/mol. The van der Waals surface area contributed by atoms with E-state index in [4.69, 9.17) is 11.6 Å². The maximum Gasteiger partial charge on any atom is 0.283 e. The molecular weight excluding hydrogens is 472 g/mol. The van der Waals surface area contributed by atoms with Crippen LogP contribution in [0.25, 0.3) is 17.0 Å². The Morgan fingerprint density at radius 3 is 2.59 bits per heavy atom. The molecule has 0 saturated heterocycles. The molecular formula is C25H15ClN4O3S. The van der Waals surface area contributed by atoms with Gasteiger partial charge in [-0.1, -0.05) is 47.6 Å². The van der Waals surface area contributed by atoms with Crippen LogP contribution in [0, 0.1) is 21.4 Å². The van der Waals surface area contributed by atoms with Gasteiger partial charge in [0.1, 0.15) is 11.6 Å². The Morgan fingerprint density at radius 1 is 1.09 bits per heavy atom. The summed E-state index contributed by atoms with van der Waals surface area (Å²) in [5, 5.41) is 25.3. The van der Waals surface area contributed by atoms with Crippen LogP contribution >= 0.6 is 23.4 Å². The number of aromatic nitrogens is 1. The zero-order valence-electron chi connectivity index (χ0n) is 17.4. The molecule has 1 amide bonds. The SMILES string of the molecule is N#C/C(=C\c1ccc(Sc2cccc3cccnc23)c([N+](=O)[O-])c1)C(=O)Nc1ccc(Cl)cc1. The summed E-state index contributed by atoms with van der Waals surface area (Å²) in [6.45, 7) is 0. The molecule has 1 heterocycles. The van der Waals surface area contributed by atoms with Gasteiger partial charge in [0.2, 0.25) is 0 Å². The number of benzene rings is 3. The van der Waals surface area contributed by atoms with Gasteiger partial charge in [-0.15, -0.1) is 0 Å². The molecule has 0 aliphatic rings. The van der Waals surface area contributed by atoms with Crippen molar-refractivity contribution in [2.45, 2.75) is 9.79 Å². The van der Waals surface area contributed by atoms with Gasteiger partial charge >= 0.3 is 0 Å². The minimum atomic E-state index is -0.632. The fraction of sp³-hybridized carbons (Fsp3) is 0. The van der Waals surface area contributed by atoms with E-state index in [9.17, 15) is 20.2 Å². The highest BCUT2D eigenvalue weighted by Gasteiger charge is 2.18. The van der Waals surface area contributed by atoms with E-state index < -0.39 is 10.8 Å². The molecule has 0 fully saturated rings. The van der Waals surface area contributed by atoms with Crippen molar-refractivity contribution in [1.29, 1.82) is 5.26 Å². The Hall–Kier alpha value is -4.19. The monoisotopic (exact) mass is 486 g/mol. The smallest absolute Gasteiger partial charge is 0.283 e. The number of halogens is 1. The van der Waals surface area contributed by atoms with Crippen LogP contribution in [-0.2, 0) is 4.79 Å². The fourth-order valence-corrected chi connectivity index (χ4v) is 4.33. The normalized spacial score (nSPS) is 11.1. The van der Waals surface area contributed by atoms with Gasteiger partial charge in [0.25, 0.3) is 11.6 Å². The first-order valence-corrected chi connectivity index (χ1v) is 11.1. The van der Waals surface area contributed by atoms with Crippen molar-refractivity contribution < 1.29 is 9.72 Å². The molecule has 0 unspecified atom stereocenters. The van der Waals surface area contributed by atoms with E-state index in [1.165, 1.54) is 23.9 Å². The van der Waals surface area contributed by atoms with Gasteiger partial charge in [0.05, 0.1) is 15.3 Å². The number of nitro benzene ring substituents is 1. The minimum Gasteiger partial charge on any atom is -0.321 e. The highest BCUT2D eigenvalue weighted by Crippen LogP contribution is 2.38. The highest BCUT2D eigenvalue weighted by atomic mass is 35.5. The number of hydrogen-bond acceptors (Lipinski definition) is 6. The van der Waals surface area contributed by atoms with E-state index in [1.807, 2.05) is 36.4 Å². The van der Waals surface area contributed by atoms with Gasteiger partial charge in [-0.25, -0.2) is 0 Å². The second kappa shape index (κ2) is 10.2. The van der Waals surface area contributed by atoms with Gasteiger partial charge < -0.3 is 5.32 Å². The fourth-order valence-electron chi connectivity index (χ4n) is 3.18. The number of nitro groups is 1. The lowest BCUT2D eigenvalue weighted by Gasteiger charge is -2.07. The lowest BCUT2D eigenvalue weighted by molar-refractivity contribution is -0.387. The Kier molecular flexibility index (Phi) is 6.87. The van der Waals surface area contributed by atoms with Crippen molar-refractivity contribution in [3.8, 4) is 6.07 Å². The molecule has 0 atom stereocenters. The molecule has 0 saturated carbocycles. The third-order valence-electron chi connectivity index (χ3n) is 4.77. The van der Waals surface area contributed by atoms with Crippen molar-refractivity contribution in [1.82, 2.24) is 4.98 Å². The number of nitrogens with zero attached hydrogens (tertiary/aromatic N) is 3. The van der Waals surface area contributed by atoms with Crippen molar-refractivity contribution in [3.05, 3.63) is 105 Å². The molecule has 0 aliphatic heterocycles. The number of nitriles is 1. The molecule has 166 valence electrons. The molecule has 0 aliphatic carbocycles. The summed E-state index contributed by atoms with van der Waals surface area (Å²) in [4.78, 5) is 29.4. The number of anilines is 1. The molecule has 34 heavy (non-hydrogen) atoms. The third-order valence-corrected chi connectivity index (χ3v) is 6.14. The summed E-state index contributed by atoms with van der Waals surface area (Å²) in [7, 11) is 0. The Labute approximate surface area is 203 Å². The summed E-state index contributed by atoms with van der Waals surface area (Å²) >= 11 is 7.08. The number of pyridine rings is 1. The molecule has 3 aromatic carbocycles. The first-order valence-electron chi connectivity index (χ1n) is 9.93. The zero-order chi connectivity index (χ0) is 24.1. The lowest BCUT2D eigenvalue weighted by atomic mass is 10.1. The first kappa shape index (κ1) is 23.0. The van der Waals surface area contributed by atoms with Crippen LogP contribution in [0.1, 0.15) is 5.56 Å². The summed E-state index contributed by atoms with van der Waals surface area (Å²) in [5.41, 5.74) is 1.25. The van der Waals surface area contributed by atoms with Crippen LogP contribution in [0.15, 0.2) is 94.4 Å². The van der Waals surface area contributed by atoms with Crippen molar-refractivity contribution in [2.75, 3.05) is 5.32 Å². The van der Waals surface area contributed by atoms with Crippen LogP contribution in [0.3, 0.4) is 0 Å². The summed E-state index contributed by atoms with van der Waals surface area (Å²) in [6, 6.07) is 22.2. The lowest BCUT2D eigenvalue weighted by Crippen LogP contribution is -2.13. The van der Waals surface area contributed by atoms with Crippen molar-refractivity contribution >= 4 is 57.6 Å². The summed E-state index contributed by atoms with van der Waals surface area (Å²) < 4.78 is 0. The number of nitrogens with one attached hydrogen (secondary N) is 1. The number of fused-ring (bicyclic) bond motifs is 1. The van der Waals surface area contributed by atoms with Gasteiger partial charge in [-0.2, -0.15) is 5.26 Å². The number of rotatable bonds is 6. The third kappa shape index (κ3) is 5.23. The molecule has 0 spiro atoms. The minimum absolute atomic E-state index is 0.137. The average Bonchev–Trinajstić information content (AvgIpc) is 2.84. The van der Waals surface area contributed by atoms with E-state index in [-0.39, 0.29) is 11.3 Å². The van der Waals surface area contributed by atoms with Crippen LogP contribution in [-0.4, -0.2) is 15.8 Å². The largest absolute Gasteiger partial charge is 0.321 e. The molecule has 0 bridgehead atoms. The maximum atomic E-state index is 12.5. The number of hydrogen-bond donors (Lipinski definition) is 1. The van der Waals surface area contributed by atoms with Gasteiger partial charge in [0.15, 0.2) is 0 Å². The van der Waals surface area contributed by atoms with Gasteiger partial charge in [-0.05, 0) is 54.1 Å². The number of carbonyl (C=O) groups excluding carboxylic acids is 1. The van der Waals surface area contributed by atoms with Gasteiger partial charge in [0, 0.05) is 33.3 Å². The van der Waals surface area contributed by atoms with E-state index in [0.717, 1.165) is 15.8 Å². The van der Waals surface area contributed by atoms with E-state index in [1.54, 1.807) is 42.6 Å². The van der Waals surface area contributed by atoms with Crippen LogP contribution in [0.4, 0.5) is 11.4 Å². The quantitative estimate of drug-likeness (QED) is 0.144. The number of para-hydroxylation sites is 1. The van der Waals surface area contributed by atoms with Crippen LogP contribution in [0.2, 0.25) is 5.02 Å². The summed E-state index contributed by atoms with van der Waals surface area (Å²) in [6.07, 6.45) is 2.99. The predicted octanol–water partition coefficient (Wildman–Crippen LogP) is 6.49. The summed E-state index contributed by atoms with van der Waals surface area (Å²) in [5.74, 6) is -0.632. The van der Waals surface area contributed by atoms with Crippen LogP contribution in [0.5, 0.6) is 0 Å². The molecule has 4 aromatic rings. The van der Waals surface area contributed by atoms with Gasteiger partial charge in [-0.3, -0.25) is 19.9 Å². The Balaban J connectivity index is 1.63. The average molecular weight is 487 g/mol. The Bertz CT molecular complexity index is 1470. The molecule has 0 radical (unpaired) electrons. The van der Waals surface area contributed by atoms with Crippen molar-refractivity contribution in [2.24, 2.45) is 0 Å². The molecule has 7 nitrogen and oxygen atoms in total. The topological polar surface area (TPSA) is 109 Å². The molecule has 1 N–H and O–H groups in total. The first-order chi connectivity index (χ1) is 16.4. The standard InChI is InChI=1S/C25H15ClN4O3S/c26-19-7-9-20(10-8-19)29-25(31)18(15-27)13-16-6-11-22(21(14-16)30(32)33)34-23-5-1-3-17-4-2-12-28-24(17)23/h1-14H,(H,29,31)/b18-13+. The van der Waals surface area contributed by atoms with E-state index in [0.29, 0.717) is 21.2 Å². The zero-order valence-corrected chi connectivity index (χ0v) is 19.0. The van der Waals surface area contributed by atoms with Crippen LogP contribution < -0.4 is 5.32 Å². The van der Waals surface area contributed by atoms with E-state index >= 15 is 0 Å². The number of carbonyl (C=O) groups is 1. The van der Waals surface area contributed by atoms with E-state index in [2.05, 4.69) is 10.3 Å².